The molecule has 140 valence electrons. The van der Waals surface area contributed by atoms with Crippen LogP contribution in [0.3, 0.4) is 0 Å². The molecule has 0 aromatic heterocycles. The van der Waals surface area contributed by atoms with Crippen molar-refractivity contribution in [2.75, 3.05) is 10.6 Å². The summed E-state index contributed by atoms with van der Waals surface area (Å²) in [4.78, 5) is 12.9. The summed E-state index contributed by atoms with van der Waals surface area (Å²) in [7, 11) is -3.63. The minimum absolute atomic E-state index is 0.129. The topological polar surface area (TPSA) is 66.5 Å². The molecule has 1 N–H and O–H groups in total. The summed E-state index contributed by atoms with van der Waals surface area (Å²) in [6, 6.07) is 5.95. The van der Waals surface area contributed by atoms with Gasteiger partial charge in [0.25, 0.3) is 0 Å². The van der Waals surface area contributed by atoms with Gasteiger partial charge < -0.3 is 5.32 Å². The number of rotatable bonds is 6. The summed E-state index contributed by atoms with van der Waals surface area (Å²) in [6.45, 7) is 1.82. The Labute approximate surface area is 155 Å². The predicted octanol–water partition coefficient (Wildman–Crippen LogP) is 3.72. The van der Waals surface area contributed by atoms with Gasteiger partial charge in [-0.05, 0) is 37.5 Å². The van der Waals surface area contributed by atoms with E-state index in [-0.39, 0.29) is 11.9 Å². The van der Waals surface area contributed by atoms with Crippen molar-refractivity contribution in [1.82, 2.24) is 5.32 Å². The normalized spacial score (nSPS) is 17.6. The maximum atomic E-state index is 12.9. The van der Waals surface area contributed by atoms with Gasteiger partial charge in [0.1, 0.15) is 6.04 Å². The summed E-state index contributed by atoms with van der Waals surface area (Å²) in [6.07, 6.45) is 8.02. The molecule has 1 saturated carbocycles. The van der Waals surface area contributed by atoms with Crippen molar-refractivity contribution in [1.29, 1.82) is 0 Å². The van der Waals surface area contributed by atoms with Crippen LogP contribution in [0.2, 0.25) is 5.02 Å². The van der Waals surface area contributed by atoms with Crippen molar-refractivity contribution in [2.24, 2.45) is 0 Å². The first kappa shape index (κ1) is 20.0. The van der Waals surface area contributed by atoms with Crippen LogP contribution in [-0.4, -0.2) is 32.7 Å². The molecule has 1 aromatic carbocycles. The lowest BCUT2D eigenvalue weighted by Gasteiger charge is -2.31. The molecule has 5 nitrogen and oxygen atoms in total. The van der Waals surface area contributed by atoms with Crippen LogP contribution in [0.5, 0.6) is 0 Å². The van der Waals surface area contributed by atoms with Crippen LogP contribution >= 0.6 is 11.6 Å². The number of hydrogen-bond donors (Lipinski definition) is 1. The Balaban J connectivity index is 2.25. The summed E-state index contributed by atoms with van der Waals surface area (Å²) >= 11 is 6.02. The van der Waals surface area contributed by atoms with E-state index in [4.69, 9.17) is 11.6 Å². The molecule has 0 saturated heterocycles. The van der Waals surface area contributed by atoms with Gasteiger partial charge in [-0.15, -0.1) is 0 Å². The molecule has 0 spiro atoms. The standard InChI is InChI=1S/C18H27ClN2O3S/c1-3-17(18(22)20-15-10-6-4-5-7-11-15)21(25(2,23)24)16-12-8-9-14(19)13-16/h8-9,12-13,15,17H,3-7,10-11H2,1-2H3,(H,20,22). The molecule has 25 heavy (non-hydrogen) atoms. The number of halogens is 1. The van der Waals surface area contributed by atoms with Gasteiger partial charge in [0.05, 0.1) is 11.9 Å². The number of sulfonamides is 1. The van der Waals surface area contributed by atoms with Crippen LogP contribution in [0, 0.1) is 0 Å². The summed E-state index contributed by atoms with van der Waals surface area (Å²) in [5.74, 6) is -0.236. The highest BCUT2D eigenvalue weighted by Crippen LogP contribution is 2.26. The summed E-state index contributed by atoms with van der Waals surface area (Å²) in [5, 5.41) is 3.50. The predicted molar refractivity (Wildman–Crippen MR) is 102 cm³/mol. The van der Waals surface area contributed by atoms with E-state index in [9.17, 15) is 13.2 Å². The minimum atomic E-state index is -3.63. The molecule has 1 aliphatic carbocycles. The minimum Gasteiger partial charge on any atom is -0.352 e. The molecule has 0 radical (unpaired) electrons. The van der Waals surface area contributed by atoms with E-state index < -0.39 is 16.1 Å². The highest BCUT2D eigenvalue weighted by atomic mass is 35.5. The van der Waals surface area contributed by atoms with Gasteiger partial charge in [-0.2, -0.15) is 0 Å². The molecule has 1 unspecified atom stereocenters. The van der Waals surface area contributed by atoms with Crippen LogP contribution in [0.1, 0.15) is 51.9 Å². The van der Waals surface area contributed by atoms with Gasteiger partial charge in [-0.25, -0.2) is 8.42 Å². The van der Waals surface area contributed by atoms with E-state index >= 15 is 0 Å². The number of carbonyl (C=O) groups is 1. The van der Waals surface area contributed by atoms with Gasteiger partial charge in [0.2, 0.25) is 15.9 Å². The average molecular weight is 387 g/mol. The van der Waals surface area contributed by atoms with E-state index in [1.165, 1.54) is 17.1 Å². The molecule has 7 heteroatoms. The molecule has 1 aliphatic rings. The lowest BCUT2D eigenvalue weighted by atomic mass is 10.1. The zero-order chi connectivity index (χ0) is 18.4. The average Bonchev–Trinajstić information content (AvgIpc) is 2.79. The number of nitrogens with zero attached hydrogens (tertiary/aromatic N) is 1. The summed E-state index contributed by atoms with van der Waals surface area (Å²) < 4.78 is 26.0. The van der Waals surface area contributed by atoms with Crippen LogP contribution in [-0.2, 0) is 14.8 Å². The number of amides is 1. The van der Waals surface area contributed by atoms with Gasteiger partial charge in [-0.3, -0.25) is 9.10 Å². The molecular weight excluding hydrogens is 360 g/mol. The molecule has 1 aromatic rings. The molecular formula is C18H27ClN2O3S. The zero-order valence-corrected chi connectivity index (χ0v) is 16.4. The molecule has 1 atom stereocenters. The Bertz CT molecular complexity index is 685. The van der Waals surface area contributed by atoms with Crippen molar-refractivity contribution in [2.45, 2.75) is 64.0 Å². The van der Waals surface area contributed by atoms with E-state index in [2.05, 4.69) is 5.32 Å². The fourth-order valence-corrected chi connectivity index (χ4v) is 4.78. The Morgan fingerprint density at radius 3 is 2.44 bits per heavy atom. The largest absolute Gasteiger partial charge is 0.352 e. The van der Waals surface area contributed by atoms with E-state index in [0.717, 1.165) is 31.9 Å². The van der Waals surface area contributed by atoms with Crippen molar-refractivity contribution in [3.8, 4) is 0 Å². The molecule has 0 heterocycles. The van der Waals surface area contributed by atoms with Crippen LogP contribution in [0.15, 0.2) is 24.3 Å². The second kappa shape index (κ2) is 8.90. The Morgan fingerprint density at radius 2 is 1.92 bits per heavy atom. The summed E-state index contributed by atoms with van der Waals surface area (Å²) in [5.41, 5.74) is 0.415. The number of carbonyl (C=O) groups excluding carboxylic acids is 1. The molecule has 2 rings (SSSR count). The molecule has 1 fully saturated rings. The van der Waals surface area contributed by atoms with Gasteiger partial charge in [0, 0.05) is 11.1 Å². The van der Waals surface area contributed by atoms with Crippen molar-refractivity contribution in [3.05, 3.63) is 29.3 Å². The van der Waals surface area contributed by atoms with Crippen LogP contribution in [0.4, 0.5) is 5.69 Å². The Morgan fingerprint density at radius 1 is 1.28 bits per heavy atom. The fourth-order valence-electron chi connectivity index (χ4n) is 3.39. The second-order valence-electron chi connectivity index (χ2n) is 6.66. The monoisotopic (exact) mass is 386 g/mol. The van der Waals surface area contributed by atoms with Crippen molar-refractivity contribution < 1.29 is 13.2 Å². The maximum absolute atomic E-state index is 12.9. The van der Waals surface area contributed by atoms with Crippen LogP contribution < -0.4 is 9.62 Å². The fraction of sp³-hybridized carbons (Fsp3) is 0.611. The zero-order valence-electron chi connectivity index (χ0n) is 14.9. The van der Waals surface area contributed by atoms with Crippen molar-refractivity contribution >= 4 is 33.2 Å². The lowest BCUT2D eigenvalue weighted by molar-refractivity contribution is -0.123. The first-order valence-electron chi connectivity index (χ1n) is 8.88. The smallest absolute Gasteiger partial charge is 0.244 e. The molecule has 0 aliphatic heterocycles. The number of nitrogens with one attached hydrogen (secondary N) is 1. The Hall–Kier alpha value is -1.27. The van der Waals surface area contributed by atoms with Gasteiger partial charge in [0.15, 0.2) is 0 Å². The quantitative estimate of drug-likeness (QED) is 0.757. The first-order valence-corrected chi connectivity index (χ1v) is 11.1. The molecule has 0 bridgehead atoms. The third-order valence-electron chi connectivity index (χ3n) is 4.59. The number of benzene rings is 1. The van der Waals surface area contributed by atoms with Gasteiger partial charge in [-0.1, -0.05) is 50.3 Å². The Kier molecular flexibility index (Phi) is 7.14. The SMILES string of the molecule is CCC(C(=O)NC1CCCCCC1)N(c1cccc(Cl)c1)S(C)(=O)=O. The van der Waals surface area contributed by atoms with E-state index in [0.29, 0.717) is 17.1 Å². The van der Waals surface area contributed by atoms with E-state index in [1.807, 2.05) is 6.92 Å². The third-order valence-corrected chi connectivity index (χ3v) is 6.01. The highest BCUT2D eigenvalue weighted by molar-refractivity contribution is 7.92. The lowest BCUT2D eigenvalue weighted by Crippen LogP contribution is -2.51. The maximum Gasteiger partial charge on any atom is 0.244 e. The number of anilines is 1. The highest BCUT2D eigenvalue weighted by Gasteiger charge is 2.32. The third kappa shape index (κ3) is 5.61. The van der Waals surface area contributed by atoms with E-state index in [1.54, 1.807) is 24.3 Å². The first-order chi connectivity index (χ1) is 11.8. The van der Waals surface area contributed by atoms with Crippen LogP contribution in [0.25, 0.3) is 0 Å². The second-order valence-corrected chi connectivity index (χ2v) is 8.96. The van der Waals surface area contributed by atoms with Crippen molar-refractivity contribution in [3.63, 3.8) is 0 Å². The van der Waals surface area contributed by atoms with Gasteiger partial charge >= 0.3 is 0 Å². The number of hydrogen-bond acceptors (Lipinski definition) is 3. The molecule has 1 amide bonds.